The fraction of sp³-hybridized carbons (Fsp3) is 0.320. The molecule has 2 N–H and O–H groups in total. The second kappa shape index (κ2) is 16.0. The lowest BCUT2D eigenvalue weighted by Gasteiger charge is -2.29. The molecular weight excluding hydrogens is 490 g/mol. The van der Waals surface area contributed by atoms with Crippen LogP contribution in [0.3, 0.4) is 0 Å². The molecule has 1 aliphatic heterocycles. The number of carboxylic acid groups (broad SMARTS) is 2. The molecule has 1 aromatic carbocycles. The Morgan fingerprint density at radius 2 is 1.64 bits per heavy atom. The Balaban J connectivity index is 0.000000493. The minimum atomic E-state index is -1.26. The minimum Gasteiger partial charge on any atom is -0.478 e. The van der Waals surface area contributed by atoms with Crippen molar-refractivity contribution < 1.29 is 34.2 Å². The summed E-state index contributed by atoms with van der Waals surface area (Å²) in [6, 6.07) is 12.5. The molecule has 1 unspecified atom stereocenters. The number of carbonyl (C=O) groups excluding carboxylic acids is 1. The number of piperidine rings is 1. The minimum absolute atomic E-state index is 0.131. The number of rotatable bonds is 10. The van der Waals surface area contributed by atoms with E-state index in [1.54, 1.807) is 36.7 Å². The number of esters is 1. The third-order valence-corrected chi connectivity index (χ3v) is 5.15. The summed E-state index contributed by atoms with van der Waals surface area (Å²) in [5.74, 6) is -2.88. The molecule has 1 aromatic heterocycles. The number of aromatic nitrogens is 1. The van der Waals surface area contributed by atoms with E-state index < -0.39 is 18.0 Å². The number of halogens is 1. The highest BCUT2D eigenvalue weighted by Crippen LogP contribution is 2.12. The molecule has 10 nitrogen and oxygen atoms in total. The second-order valence-corrected chi connectivity index (χ2v) is 8.04. The quantitative estimate of drug-likeness (QED) is 0.210. The third kappa shape index (κ3) is 11.6. The Hall–Kier alpha value is -3.76. The average Bonchev–Trinajstić information content (AvgIpc) is 2.89. The van der Waals surface area contributed by atoms with E-state index >= 15 is 0 Å². The summed E-state index contributed by atoms with van der Waals surface area (Å²) in [4.78, 5) is 43.3. The summed E-state index contributed by atoms with van der Waals surface area (Å²) < 4.78 is 5.70. The van der Waals surface area contributed by atoms with Gasteiger partial charge in [-0.3, -0.25) is 9.88 Å². The summed E-state index contributed by atoms with van der Waals surface area (Å²) >= 11 is 6.15. The van der Waals surface area contributed by atoms with E-state index in [4.69, 9.17) is 31.4 Å². The van der Waals surface area contributed by atoms with Gasteiger partial charge in [0.05, 0.1) is 5.56 Å². The van der Waals surface area contributed by atoms with E-state index in [9.17, 15) is 14.4 Å². The Labute approximate surface area is 213 Å². The maximum absolute atomic E-state index is 12.4. The van der Waals surface area contributed by atoms with Gasteiger partial charge in [-0.15, -0.1) is 0 Å². The summed E-state index contributed by atoms with van der Waals surface area (Å²) in [6.45, 7) is 2.74. The lowest BCUT2D eigenvalue weighted by atomic mass is 10.1. The van der Waals surface area contributed by atoms with E-state index in [0.29, 0.717) is 29.8 Å². The van der Waals surface area contributed by atoms with Crippen LogP contribution < -0.4 is 0 Å². The topological polar surface area (TPSA) is 139 Å². The van der Waals surface area contributed by atoms with Gasteiger partial charge in [-0.1, -0.05) is 41.4 Å². The maximum atomic E-state index is 12.4. The Kier molecular flexibility index (Phi) is 12.7. The first kappa shape index (κ1) is 28.5. The first-order chi connectivity index (χ1) is 17.3. The summed E-state index contributed by atoms with van der Waals surface area (Å²) in [7, 11) is 0. The molecule has 1 fully saturated rings. The van der Waals surface area contributed by atoms with E-state index in [2.05, 4.69) is 15.0 Å². The van der Waals surface area contributed by atoms with Gasteiger partial charge in [0, 0.05) is 36.7 Å². The number of ether oxygens (including phenoxy) is 1. The van der Waals surface area contributed by atoms with Crippen molar-refractivity contribution in [2.45, 2.75) is 25.4 Å². The number of pyridine rings is 1. The lowest BCUT2D eigenvalue weighted by molar-refractivity contribution is -0.134. The van der Waals surface area contributed by atoms with Gasteiger partial charge in [0.1, 0.15) is 0 Å². The van der Waals surface area contributed by atoms with Crippen molar-refractivity contribution in [3.63, 3.8) is 0 Å². The lowest BCUT2D eigenvalue weighted by Crippen LogP contribution is -2.40. The van der Waals surface area contributed by atoms with Gasteiger partial charge >= 0.3 is 17.9 Å². The van der Waals surface area contributed by atoms with Crippen LogP contribution in [0.5, 0.6) is 0 Å². The van der Waals surface area contributed by atoms with Crippen molar-refractivity contribution in [2.24, 2.45) is 5.16 Å². The molecule has 2 heterocycles. The molecule has 192 valence electrons. The Morgan fingerprint density at radius 1 is 1.00 bits per heavy atom. The van der Waals surface area contributed by atoms with Crippen LogP contribution in [0, 0.1) is 0 Å². The molecule has 36 heavy (non-hydrogen) atoms. The predicted octanol–water partition coefficient (Wildman–Crippen LogP) is 3.42. The standard InChI is InChI=1S/C21H24ClN3O3.C4H4O4/c22-20(18-10-7-11-23-14-18)24-27-16-19(15-25-12-5-2-6-13-25)28-21(26)17-8-3-1-4-9-17;5-3(6)1-2-4(7)8/h1,3-4,7-11,14,19H,2,5-6,12-13,15-16H2;1-2H,(H,5,6)(H,7,8)/b;2-1-. The number of aliphatic carboxylic acids is 2. The van der Waals surface area contributed by atoms with Gasteiger partial charge in [0.2, 0.25) is 0 Å². The first-order valence-corrected chi connectivity index (χ1v) is 11.6. The van der Waals surface area contributed by atoms with Crippen LogP contribution in [0.1, 0.15) is 35.2 Å². The number of carbonyl (C=O) groups is 3. The molecule has 1 atom stereocenters. The van der Waals surface area contributed by atoms with Crippen molar-refractivity contribution in [3.05, 3.63) is 78.1 Å². The molecule has 2 aromatic rings. The average molecular weight is 518 g/mol. The van der Waals surface area contributed by atoms with E-state index in [1.165, 1.54) is 6.42 Å². The van der Waals surface area contributed by atoms with Crippen LogP contribution in [-0.4, -0.2) is 75.5 Å². The molecule has 3 rings (SSSR count). The van der Waals surface area contributed by atoms with Crippen LogP contribution >= 0.6 is 11.6 Å². The number of hydrogen-bond acceptors (Lipinski definition) is 8. The number of carboxylic acids is 2. The molecule has 1 aliphatic rings. The van der Waals surface area contributed by atoms with Crippen molar-refractivity contribution in [1.82, 2.24) is 9.88 Å². The van der Waals surface area contributed by atoms with Gasteiger partial charge in [0.25, 0.3) is 0 Å². The zero-order chi connectivity index (χ0) is 26.2. The fourth-order valence-corrected chi connectivity index (χ4v) is 3.37. The van der Waals surface area contributed by atoms with Crippen LogP contribution in [0.25, 0.3) is 0 Å². The predicted molar refractivity (Wildman–Crippen MR) is 133 cm³/mol. The summed E-state index contributed by atoms with van der Waals surface area (Å²) in [6.07, 6.45) is 7.50. The highest BCUT2D eigenvalue weighted by atomic mass is 35.5. The van der Waals surface area contributed by atoms with Crippen LogP contribution in [0.4, 0.5) is 0 Å². The van der Waals surface area contributed by atoms with Crippen molar-refractivity contribution in [3.8, 4) is 0 Å². The zero-order valence-corrected chi connectivity index (χ0v) is 20.3. The highest BCUT2D eigenvalue weighted by molar-refractivity contribution is 6.69. The van der Waals surface area contributed by atoms with E-state index in [0.717, 1.165) is 25.9 Å². The van der Waals surface area contributed by atoms with Gasteiger partial charge in [-0.25, -0.2) is 14.4 Å². The summed E-state index contributed by atoms with van der Waals surface area (Å²) in [5, 5.41) is 19.8. The number of oxime groups is 1. The van der Waals surface area contributed by atoms with E-state index in [-0.39, 0.29) is 17.7 Å². The number of hydrogen-bond donors (Lipinski definition) is 2. The zero-order valence-electron chi connectivity index (χ0n) is 19.5. The monoisotopic (exact) mass is 517 g/mol. The largest absolute Gasteiger partial charge is 0.478 e. The molecule has 1 saturated heterocycles. The molecule has 0 spiro atoms. The molecule has 0 aliphatic carbocycles. The Bertz CT molecular complexity index is 1010. The molecular formula is C25H28ClN3O7. The van der Waals surface area contributed by atoms with Crippen molar-refractivity contribution in [2.75, 3.05) is 26.2 Å². The maximum Gasteiger partial charge on any atom is 0.338 e. The van der Waals surface area contributed by atoms with Gasteiger partial charge in [-0.2, -0.15) is 0 Å². The van der Waals surface area contributed by atoms with Crippen LogP contribution in [-0.2, 0) is 19.2 Å². The molecule has 0 saturated carbocycles. The molecule has 0 radical (unpaired) electrons. The Morgan fingerprint density at radius 3 is 2.22 bits per heavy atom. The van der Waals surface area contributed by atoms with Crippen LogP contribution in [0.15, 0.2) is 72.2 Å². The smallest absolute Gasteiger partial charge is 0.338 e. The highest BCUT2D eigenvalue weighted by Gasteiger charge is 2.21. The molecule has 0 bridgehead atoms. The number of likely N-dealkylation sites (tertiary alicyclic amines) is 1. The molecule has 0 amide bonds. The first-order valence-electron chi connectivity index (χ1n) is 11.2. The third-order valence-electron chi connectivity index (χ3n) is 4.87. The van der Waals surface area contributed by atoms with E-state index in [1.807, 2.05) is 18.2 Å². The summed E-state index contributed by atoms with van der Waals surface area (Å²) in [5.41, 5.74) is 1.18. The van der Waals surface area contributed by atoms with Gasteiger partial charge in [-0.05, 0) is 50.2 Å². The normalized spacial score (nSPS) is 14.9. The number of nitrogens with zero attached hydrogens (tertiary/aromatic N) is 3. The van der Waals surface area contributed by atoms with Gasteiger partial charge < -0.3 is 19.8 Å². The van der Waals surface area contributed by atoms with Gasteiger partial charge in [0.15, 0.2) is 17.9 Å². The number of benzene rings is 1. The van der Waals surface area contributed by atoms with Crippen LogP contribution in [0.2, 0.25) is 0 Å². The SMILES string of the molecule is O=C(O)/C=C\C(=O)O.O=C(OC(CON=C(Cl)c1cccnc1)CN1CCCCC1)c1ccccc1. The molecule has 11 heteroatoms. The second-order valence-electron chi connectivity index (χ2n) is 7.68. The fourth-order valence-electron chi connectivity index (χ4n) is 3.20. The van der Waals surface area contributed by atoms with Crippen molar-refractivity contribution in [1.29, 1.82) is 0 Å². The van der Waals surface area contributed by atoms with Crippen molar-refractivity contribution >= 4 is 34.7 Å².